The van der Waals surface area contributed by atoms with Crippen LogP contribution in [0.1, 0.15) is 51.6 Å². The molecular weight excluding hydrogens is 456 g/mol. The number of fused-ring (bicyclic) bond motifs is 2. The Morgan fingerprint density at radius 2 is 1.76 bits per heavy atom. The molecule has 2 aromatic carbocycles. The Morgan fingerprint density at radius 3 is 2.44 bits per heavy atom. The van der Waals surface area contributed by atoms with E-state index < -0.39 is 16.1 Å². The lowest BCUT2D eigenvalue weighted by Crippen LogP contribution is -2.51. The number of carbonyl (C=O) groups is 1. The number of sulfonamides is 1. The average Bonchev–Trinajstić information content (AvgIpc) is 2.83. The quantitative estimate of drug-likeness (QED) is 0.637. The van der Waals surface area contributed by atoms with E-state index in [2.05, 4.69) is 19.2 Å². The van der Waals surface area contributed by atoms with Gasteiger partial charge in [0.2, 0.25) is 15.9 Å². The van der Waals surface area contributed by atoms with Crippen LogP contribution in [0, 0.1) is 0 Å². The predicted molar refractivity (Wildman–Crippen MR) is 130 cm³/mol. The molecule has 0 radical (unpaired) electrons. The SMILES string of the molecule is CCC1(CC)C[C@@H](NC(=O)[C@@H](C)N(c2ccc3c(c2)OCCO3)S(C)(=O)=O)c2ccccc2O1. The van der Waals surface area contributed by atoms with Gasteiger partial charge in [0.25, 0.3) is 0 Å². The molecule has 0 fully saturated rings. The van der Waals surface area contributed by atoms with Crippen molar-refractivity contribution in [3.8, 4) is 17.2 Å². The number of nitrogens with one attached hydrogen (secondary N) is 1. The van der Waals surface area contributed by atoms with Crippen LogP contribution in [0.2, 0.25) is 0 Å². The molecule has 0 bridgehead atoms. The first-order valence-electron chi connectivity index (χ1n) is 11.6. The molecule has 2 aliphatic heterocycles. The van der Waals surface area contributed by atoms with Gasteiger partial charge in [0.15, 0.2) is 11.5 Å². The lowest BCUT2D eigenvalue weighted by Gasteiger charge is -2.42. The highest BCUT2D eigenvalue weighted by Crippen LogP contribution is 2.43. The summed E-state index contributed by atoms with van der Waals surface area (Å²) in [6, 6.07) is 11.3. The molecule has 8 nitrogen and oxygen atoms in total. The number of anilines is 1. The minimum Gasteiger partial charge on any atom is -0.487 e. The molecule has 184 valence electrons. The fourth-order valence-electron chi connectivity index (χ4n) is 4.70. The van der Waals surface area contributed by atoms with Crippen LogP contribution >= 0.6 is 0 Å². The molecule has 34 heavy (non-hydrogen) atoms. The van der Waals surface area contributed by atoms with Gasteiger partial charge >= 0.3 is 0 Å². The Kier molecular flexibility index (Phi) is 6.66. The van der Waals surface area contributed by atoms with Crippen molar-refractivity contribution in [3.05, 3.63) is 48.0 Å². The highest BCUT2D eigenvalue weighted by atomic mass is 32.2. The number of hydrogen-bond acceptors (Lipinski definition) is 6. The standard InChI is InChI=1S/C25H32N2O6S/c1-5-25(6-2)16-20(19-9-7-8-10-21(19)33-25)26-24(28)17(3)27(34(4,29)30)18-11-12-22-23(15-18)32-14-13-31-22/h7-12,15,17,20H,5-6,13-14,16H2,1-4H3,(H,26,28)/t17-,20-/m1/s1. The second kappa shape index (κ2) is 9.37. The third kappa shape index (κ3) is 4.66. The van der Waals surface area contributed by atoms with Crippen molar-refractivity contribution in [2.75, 3.05) is 23.8 Å². The lowest BCUT2D eigenvalue weighted by molar-refractivity contribution is -0.123. The van der Waals surface area contributed by atoms with Gasteiger partial charge < -0.3 is 19.5 Å². The third-order valence-electron chi connectivity index (χ3n) is 6.67. The molecule has 0 aromatic heterocycles. The summed E-state index contributed by atoms with van der Waals surface area (Å²) in [7, 11) is -3.77. The first-order chi connectivity index (χ1) is 16.2. The summed E-state index contributed by atoms with van der Waals surface area (Å²) in [4.78, 5) is 13.4. The monoisotopic (exact) mass is 488 g/mol. The van der Waals surface area contributed by atoms with Crippen molar-refractivity contribution in [3.63, 3.8) is 0 Å². The van der Waals surface area contributed by atoms with Gasteiger partial charge in [0.05, 0.1) is 18.0 Å². The van der Waals surface area contributed by atoms with Gasteiger partial charge in [-0.1, -0.05) is 32.0 Å². The van der Waals surface area contributed by atoms with Gasteiger partial charge in [0, 0.05) is 18.1 Å². The van der Waals surface area contributed by atoms with Crippen LogP contribution in [0.15, 0.2) is 42.5 Å². The Hall–Kier alpha value is -2.94. The summed E-state index contributed by atoms with van der Waals surface area (Å²) in [5, 5.41) is 3.10. The van der Waals surface area contributed by atoms with Crippen molar-refractivity contribution in [2.24, 2.45) is 0 Å². The second-order valence-electron chi connectivity index (χ2n) is 8.86. The molecule has 0 saturated heterocycles. The second-order valence-corrected chi connectivity index (χ2v) is 10.7. The summed E-state index contributed by atoms with van der Waals surface area (Å²) in [6.45, 7) is 6.55. The molecule has 1 N–H and O–H groups in total. The van der Waals surface area contributed by atoms with E-state index in [4.69, 9.17) is 14.2 Å². The molecular formula is C25H32N2O6S. The van der Waals surface area contributed by atoms with E-state index in [-0.39, 0.29) is 17.6 Å². The fourth-order valence-corrected chi connectivity index (χ4v) is 5.87. The van der Waals surface area contributed by atoms with Crippen LogP contribution in [0.4, 0.5) is 5.69 Å². The number of hydrogen-bond donors (Lipinski definition) is 1. The summed E-state index contributed by atoms with van der Waals surface area (Å²) < 4.78 is 44.2. The van der Waals surface area contributed by atoms with E-state index >= 15 is 0 Å². The van der Waals surface area contributed by atoms with E-state index in [1.165, 1.54) is 0 Å². The maximum absolute atomic E-state index is 13.4. The average molecular weight is 489 g/mol. The Labute approximate surface area is 201 Å². The topological polar surface area (TPSA) is 94.2 Å². The highest BCUT2D eigenvalue weighted by Gasteiger charge is 2.40. The van der Waals surface area contributed by atoms with Gasteiger partial charge in [-0.15, -0.1) is 0 Å². The lowest BCUT2D eigenvalue weighted by atomic mass is 9.83. The van der Waals surface area contributed by atoms with Crippen LogP contribution in [-0.2, 0) is 14.8 Å². The zero-order valence-electron chi connectivity index (χ0n) is 20.0. The number of rotatable bonds is 7. The molecule has 0 unspecified atom stereocenters. The van der Waals surface area contributed by atoms with E-state index in [0.717, 1.165) is 34.7 Å². The predicted octanol–water partition coefficient (Wildman–Crippen LogP) is 3.81. The van der Waals surface area contributed by atoms with Gasteiger partial charge in [0.1, 0.15) is 30.6 Å². The van der Waals surface area contributed by atoms with Crippen molar-refractivity contribution in [2.45, 2.75) is 57.7 Å². The molecule has 2 heterocycles. The van der Waals surface area contributed by atoms with E-state index in [1.807, 2.05) is 24.3 Å². The Balaban J connectivity index is 1.62. The number of benzene rings is 2. The van der Waals surface area contributed by atoms with Crippen LogP contribution in [0.5, 0.6) is 17.2 Å². The van der Waals surface area contributed by atoms with E-state index in [9.17, 15) is 13.2 Å². The summed E-state index contributed by atoms with van der Waals surface area (Å²) in [5.41, 5.74) is 0.853. The van der Waals surface area contributed by atoms with Crippen molar-refractivity contribution < 1.29 is 27.4 Å². The van der Waals surface area contributed by atoms with Crippen LogP contribution in [0.3, 0.4) is 0 Å². The van der Waals surface area contributed by atoms with Gasteiger partial charge in [-0.3, -0.25) is 9.10 Å². The molecule has 2 aliphatic rings. The molecule has 0 spiro atoms. The fraction of sp³-hybridized carbons (Fsp3) is 0.480. The van der Waals surface area contributed by atoms with Crippen molar-refractivity contribution in [1.29, 1.82) is 0 Å². The Morgan fingerprint density at radius 1 is 1.09 bits per heavy atom. The Bertz CT molecular complexity index is 1160. The maximum Gasteiger partial charge on any atom is 0.244 e. The minimum atomic E-state index is -3.77. The van der Waals surface area contributed by atoms with Crippen molar-refractivity contribution >= 4 is 21.6 Å². The first kappa shape index (κ1) is 24.2. The van der Waals surface area contributed by atoms with E-state index in [0.29, 0.717) is 36.8 Å². The molecule has 4 rings (SSSR count). The number of nitrogens with zero attached hydrogens (tertiary/aromatic N) is 1. The number of amides is 1. The summed E-state index contributed by atoms with van der Waals surface area (Å²) in [5.74, 6) is 1.37. The van der Waals surface area contributed by atoms with Gasteiger partial charge in [-0.05, 0) is 38.0 Å². The minimum absolute atomic E-state index is 0.290. The van der Waals surface area contributed by atoms with Gasteiger partial charge in [-0.25, -0.2) is 8.42 Å². The molecule has 0 saturated carbocycles. The normalized spacial score (nSPS) is 19.4. The number of ether oxygens (including phenoxy) is 3. The highest BCUT2D eigenvalue weighted by molar-refractivity contribution is 7.92. The van der Waals surface area contributed by atoms with Crippen molar-refractivity contribution in [1.82, 2.24) is 5.32 Å². The zero-order valence-corrected chi connectivity index (χ0v) is 20.9. The molecule has 9 heteroatoms. The zero-order chi connectivity index (χ0) is 24.5. The van der Waals surface area contributed by atoms with Crippen LogP contribution in [-0.4, -0.2) is 45.4 Å². The largest absolute Gasteiger partial charge is 0.487 e. The summed E-state index contributed by atoms with van der Waals surface area (Å²) in [6.07, 6.45) is 3.30. The van der Waals surface area contributed by atoms with E-state index in [1.54, 1.807) is 25.1 Å². The first-order valence-corrected chi connectivity index (χ1v) is 13.5. The number of carbonyl (C=O) groups excluding carboxylic acids is 1. The smallest absolute Gasteiger partial charge is 0.244 e. The molecule has 2 aromatic rings. The van der Waals surface area contributed by atoms with Crippen LogP contribution < -0.4 is 23.8 Å². The molecule has 1 amide bonds. The number of para-hydroxylation sites is 1. The van der Waals surface area contributed by atoms with Gasteiger partial charge in [-0.2, -0.15) is 0 Å². The van der Waals surface area contributed by atoms with Crippen LogP contribution in [0.25, 0.3) is 0 Å². The molecule has 0 aliphatic carbocycles. The summed E-state index contributed by atoms with van der Waals surface area (Å²) >= 11 is 0. The maximum atomic E-state index is 13.4. The molecule has 2 atom stereocenters. The third-order valence-corrected chi connectivity index (χ3v) is 7.91.